The highest BCUT2D eigenvalue weighted by atomic mass is 35.5. The number of pyridine rings is 1. The molecule has 0 atom stereocenters. The van der Waals surface area contributed by atoms with E-state index < -0.39 is 0 Å². The number of aliphatic imine (C=N–C) groups is 1. The molecule has 1 N–H and O–H groups in total. The van der Waals surface area contributed by atoms with Gasteiger partial charge in [0, 0.05) is 18.5 Å². The molecule has 0 bridgehead atoms. The summed E-state index contributed by atoms with van der Waals surface area (Å²) in [5.74, 6) is 0.450. The van der Waals surface area contributed by atoms with Crippen LogP contribution in [0.2, 0.25) is 5.02 Å². The second-order valence-electron chi connectivity index (χ2n) is 4.59. The number of carbonyl (C=O) groups is 1. The van der Waals surface area contributed by atoms with Crippen LogP contribution >= 0.6 is 23.4 Å². The Balaban J connectivity index is 1.86. The van der Waals surface area contributed by atoms with Gasteiger partial charge in [-0.15, -0.1) is 0 Å². The summed E-state index contributed by atoms with van der Waals surface area (Å²) in [6, 6.07) is 8.86. The lowest BCUT2D eigenvalue weighted by molar-refractivity contribution is -0.115. The minimum atomic E-state index is -0.198. The molecule has 0 radical (unpaired) electrons. The van der Waals surface area contributed by atoms with Crippen molar-refractivity contribution in [3.63, 3.8) is 0 Å². The van der Waals surface area contributed by atoms with Crippen LogP contribution in [0.25, 0.3) is 6.08 Å². The highest BCUT2D eigenvalue weighted by Gasteiger charge is 2.24. The van der Waals surface area contributed by atoms with E-state index >= 15 is 0 Å². The Bertz CT molecular complexity index is 806. The maximum absolute atomic E-state index is 12.0. The van der Waals surface area contributed by atoms with Gasteiger partial charge in [-0.1, -0.05) is 17.7 Å². The predicted molar refractivity (Wildman–Crippen MR) is 93.0 cm³/mol. The monoisotopic (exact) mass is 345 g/mol. The third-order valence-electron chi connectivity index (χ3n) is 3.01. The number of rotatable bonds is 3. The van der Waals surface area contributed by atoms with Crippen molar-refractivity contribution in [1.29, 1.82) is 0 Å². The fraction of sp³-hybridized carbons (Fsp3) is 0.0625. The van der Waals surface area contributed by atoms with Crippen LogP contribution in [0, 0.1) is 0 Å². The van der Waals surface area contributed by atoms with Gasteiger partial charge in [-0.05, 0) is 41.6 Å². The SMILES string of the molecule is COc1ccc(Cl)c(N=C2NC(=O)/C(=C/c3cccnc3)S2)c1. The summed E-state index contributed by atoms with van der Waals surface area (Å²) in [6.07, 6.45) is 5.14. The Hall–Kier alpha value is -2.31. The quantitative estimate of drug-likeness (QED) is 0.863. The van der Waals surface area contributed by atoms with E-state index in [1.165, 1.54) is 11.8 Å². The van der Waals surface area contributed by atoms with Crippen LogP contribution in [0.5, 0.6) is 5.75 Å². The topological polar surface area (TPSA) is 63.6 Å². The van der Waals surface area contributed by atoms with E-state index in [9.17, 15) is 4.79 Å². The Morgan fingerprint density at radius 3 is 3.00 bits per heavy atom. The molecule has 2 aromatic rings. The van der Waals surface area contributed by atoms with Gasteiger partial charge in [-0.25, -0.2) is 4.99 Å². The predicted octanol–water partition coefficient (Wildman–Crippen LogP) is 3.64. The fourth-order valence-electron chi connectivity index (χ4n) is 1.91. The second kappa shape index (κ2) is 6.85. The minimum absolute atomic E-state index is 0.198. The van der Waals surface area contributed by atoms with Crippen LogP contribution in [-0.4, -0.2) is 23.2 Å². The minimum Gasteiger partial charge on any atom is -0.497 e. The summed E-state index contributed by atoms with van der Waals surface area (Å²) in [6.45, 7) is 0. The number of amides is 1. The number of carbonyl (C=O) groups excluding carboxylic acids is 1. The van der Waals surface area contributed by atoms with E-state index in [4.69, 9.17) is 16.3 Å². The molecule has 5 nitrogen and oxygen atoms in total. The van der Waals surface area contributed by atoms with Crippen molar-refractivity contribution in [2.75, 3.05) is 7.11 Å². The molecule has 2 heterocycles. The number of benzene rings is 1. The van der Waals surface area contributed by atoms with Gasteiger partial charge in [0.25, 0.3) is 5.91 Å². The smallest absolute Gasteiger partial charge is 0.264 e. The maximum atomic E-state index is 12.0. The van der Waals surface area contributed by atoms with Crippen molar-refractivity contribution in [2.45, 2.75) is 0 Å². The van der Waals surface area contributed by atoms with Crippen molar-refractivity contribution in [3.05, 3.63) is 58.2 Å². The van der Waals surface area contributed by atoms with Crippen LogP contribution in [0.4, 0.5) is 5.69 Å². The molecule has 1 amide bonds. The first kappa shape index (κ1) is 15.6. The Kier molecular flexibility index (Phi) is 4.64. The molecule has 3 rings (SSSR count). The van der Waals surface area contributed by atoms with Gasteiger partial charge in [-0.2, -0.15) is 0 Å². The summed E-state index contributed by atoms with van der Waals surface area (Å²) < 4.78 is 5.16. The van der Waals surface area contributed by atoms with Gasteiger partial charge in [0.2, 0.25) is 0 Å². The van der Waals surface area contributed by atoms with Crippen LogP contribution in [0.15, 0.2) is 52.6 Å². The van der Waals surface area contributed by atoms with Gasteiger partial charge < -0.3 is 10.1 Å². The molecule has 1 aliphatic rings. The molecule has 1 fully saturated rings. The van der Waals surface area contributed by atoms with Crippen molar-refractivity contribution in [2.24, 2.45) is 4.99 Å². The molecule has 1 aromatic carbocycles. The summed E-state index contributed by atoms with van der Waals surface area (Å²) in [5, 5.41) is 3.68. The van der Waals surface area contributed by atoms with E-state index in [1.54, 1.807) is 43.8 Å². The van der Waals surface area contributed by atoms with E-state index in [2.05, 4.69) is 15.3 Å². The summed E-state index contributed by atoms with van der Waals surface area (Å²) >= 11 is 7.38. The number of nitrogens with zero attached hydrogens (tertiary/aromatic N) is 2. The first-order valence-electron chi connectivity index (χ1n) is 6.69. The largest absolute Gasteiger partial charge is 0.497 e. The molecule has 0 spiro atoms. The molecule has 0 saturated carbocycles. The molecule has 1 saturated heterocycles. The Labute approximate surface area is 142 Å². The number of methoxy groups -OCH3 is 1. The van der Waals surface area contributed by atoms with Gasteiger partial charge in [-0.3, -0.25) is 9.78 Å². The number of halogens is 1. The molecular formula is C16H12ClN3O2S. The molecule has 116 valence electrons. The Morgan fingerprint density at radius 2 is 2.26 bits per heavy atom. The standard InChI is InChI=1S/C16H12ClN3O2S/c1-22-11-4-5-12(17)13(8-11)19-16-20-15(21)14(23-16)7-10-3-2-6-18-9-10/h2-9H,1H3,(H,19,20,21)/b14-7-. The number of amidine groups is 1. The van der Waals surface area contributed by atoms with Gasteiger partial charge >= 0.3 is 0 Å². The van der Waals surface area contributed by atoms with Crippen molar-refractivity contribution in [3.8, 4) is 5.75 Å². The van der Waals surface area contributed by atoms with Gasteiger partial charge in [0.05, 0.1) is 22.7 Å². The van der Waals surface area contributed by atoms with Crippen LogP contribution in [0.1, 0.15) is 5.56 Å². The molecule has 1 aromatic heterocycles. The number of aromatic nitrogens is 1. The number of ether oxygens (including phenoxy) is 1. The fourth-order valence-corrected chi connectivity index (χ4v) is 2.90. The first-order chi connectivity index (χ1) is 11.2. The second-order valence-corrected chi connectivity index (χ2v) is 6.02. The lowest BCUT2D eigenvalue weighted by atomic mass is 10.2. The number of hydrogen-bond donors (Lipinski definition) is 1. The third kappa shape index (κ3) is 3.72. The normalized spacial score (nSPS) is 17.6. The molecule has 7 heteroatoms. The maximum Gasteiger partial charge on any atom is 0.264 e. The molecular weight excluding hydrogens is 334 g/mol. The zero-order valence-corrected chi connectivity index (χ0v) is 13.7. The lowest BCUT2D eigenvalue weighted by Crippen LogP contribution is -2.19. The molecule has 23 heavy (non-hydrogen) atoms. The van der Waals surface area contributed by atoms with Gasteiger partial charge in [0.15, 0.2) is 5.17 Å². The van der Waals surface area contributed by atoms with Crippen molar-refractivity contribution in [1.82, 2.24) is 10.3 Å². The van der Waals surface area contributed by atoms with Gasteiger partial charge in [0.1, 0.15) is 5.75 Å². The zero-order chi connectivity index (χ0) is 16.2. The number of hydrogen-bond acceptors (Lipinski definition) is 5. The highest BCUT2D eigenvalue weighted by Crippen LogP contribution is 2.33. The third-order valence-corrected chi connectivity index (χ3v) is 4.24. The van der Waals surface area contributed by atoms with Crippen molar-refractivity contribution < 1.29 is 9.53 Å². The van der Waals surface area contributed by atoms with E-state index in [1.807, 2.05) is 12.1 Å². The van der Waals surface area contributed by atoms with Crippen LogP contribution < -0.4 is 10.1 Å². The average molecular weight is 346 g/mol. The first-order valence-corrected chi connectivity index (χ1v) is 7.88. The molecule has 0 aliphatic carbocycles. The Morgan fingerprint density at radius 1 is 1.39 bits per heavy atom. The summed E-state index contributed by atoms with van der Waals surface area (Å²) in [5.41, 5.74) is 1.39. The van der Waals surface area contributed by atoms with E-state index in [-0.39, 0.29) is 5.91 Å². The molecule has 0 unspecified atom stereocenters. The van der Waals surface area contributed by atoms with Crippen molar-refractivity contribution >= 4 is 46.2 Å². The zero-order valence-electron chi connectivity index (χ0n) is 12.1. The lowest BCUT2D eigenvalue weighted by Gasteiger charge is -2.03. The highest BCUT2D eigenvalue weighted by molar-refractivity contribution is 8.18. The summed E-state index contributed by atoms with van der Waals surface area (Å²) in [7, 11) is 1.57. The van der Waals surface area contributed by atoms with E-state index in [0.29, 0.717) is 26.5 Å². The summed E-state index contributed by atoms with van der Waals surface area (Å²) in [4.78, 5) is 21.0. The van der Waals surface area contributed by atoms with Crippen LogP contribution in [0.3, 0.4) is 0 Å². The van der Waals surface area contributed by atoms with E-state index in [0.717, 1.165) is 5.56 Å². The number of thioether (sulfide) groups is 1. The van der Waals surface area contributed by atoms with Crippen LogP contribution in [-0.2, 0) is 4.79 Å². The number of nitrogens with one attached hydrogen (secondary N) is 1. The molecule has 1 aliphatic heterocycles. The average Bonchev–Trinajstić information content (AvgIpc) is 2.90.